The van der Waals surface area contributed by atoms with Gasteiger partial charge in [0.2, 0.25) is 5.91 Å². The third kappa shape index (κ3) is 5.34. The van der Waals surface area contributed by atoms with Crippen molar-refractivity contribution >= 4 is 5.91 Å². The molecule has 0 bridgehead atoms. The average Bonchev–Trinajstić information content (AvgIpc) is 3.34. The normalized spacial score (nSPS) is 17.4. The van der Waals surface area contributed by atoms with Crippen molar-refractivity contribution in [2.24, 2.45) is 0 Å². The predicted molar refractivity (Wildman–Crippen MR) is 123 cm³/mol. The molecule has 9 nitrogen and oxygen atoms in total. The van der Waals surface area contributed by atoms with Gasteiger partial charge in [-0.3, -0.25) is 4.79 Å². The molecule has 1 saturated heterocycles. The monoisotopic (exact) mass is 450 g/mol. The molecule has 9 heteroatoms. The molecule has 0 atom stereocenters. The zero-order valence-corrected chi connectivity index (χ0v) is 20.1. The lowest BCUT2D eigenvalue weighted by atomic mass is 9.79. The van der Waals surface area contributed by atoms with Crippen LogP contribution in [-0.2, 0) is 11.3 Å². The van der Waals surface area contributed by atoms with Crippen molar-refractivity contribution in [2.45, 2.75) is 71.1 Å². The highest BCUT2D eigenvalue weighted by Gasteiger charge is 2.38. The van der Waals surface area contributed by atoms with Gasteiger partial charge in [-0.25, -0.2) is 4.68 Å². The topological polar surface area (TPSA) is 100 Å². The molecular formula is C24H32N7O2+. The zero-order chi connectivity index (χ0) is 23.8. The predicted octanol–water partition coefficient (Wildman–Crippen LogP) is 1.88. The maximum absolute atomic E-state index is 12.7. The fraction of sp³-hybridized carbons (Fsp3) is 0.500. The third-order valence-electron chi connectivity index (χ3n) is 5.78. The number of aromatic nitrogens is 5. The summed E-state index contributed by atoms with van der Waals surface area (Å²) in [4.78, 5) is 16.9. The van der Waals surface area contributed by atoms with Crippen LogP contribution in [0.25, 0.3) is 16.9 Å². The Labute approximate surface area is 194 Å². The van der Waals surface area contributed by atoms with Gasteiger partial charge in [0, 0.05) is 29.6 Å². The van der Waals surface area contributed by atoms with Crippen molar-refractivity contribution in [1.29, 1.82) is 0 Å². The molecule has 1 fully saturated rings. The second-order valence-corrected chi connectivity index (χ2v) is 10.1. The summed E-state index contributed by atoms with van der Waals surface area (Å²) in [7, 11) is 1.62. The first kappa shape index (κ1) is 22.8. The number of nitrogens with one attached hydrogen (secondary N) is 2. The highest BCUT2D eigenvalue weighted by atomic mass is 16.5. The van der Waals surface area contributed by atoms with Gasteiger partial charge in [-0.2, -0.15) is 4.98 Å². The van der Waals surface area contributed by atoms with Gasteiger partial charge in [-0.1, -0.05) is 5.21 Å². The van der Waals surface area contributed by atoms with Crippen molar-refractivity contribution in [3.05, 3.63) is 42.6 Å². The third-order valence-corrected chi connectivity index (χ3v) is 5.78. The minimum atomic E-state index is -0.0658. The molecule has 3 aromatic rings. The van der Waals surface area contributed by atoms with E-state index in [1.54, 1.807) is 22.6 Å². The molecule has 0 aliphatic carbocycles. The van der Waals surface area contributed by atoms with E-state index in [1.165, 1.54) is 0 Å². The van der Waals surface area contributed by atoms with Crippen LogP contribution < -0.4 is 20.4 Å². The standard InChI is InChI=1S/C24H31N7O2/c1-16-12-30(15-25-16)20-8-7-17(9-21(20)33-6)19-13-31(29-27-19)14-22(32)26-18-10-23(2,3)28-24(4,5)11-18/h7-9,12-13,18,28H,10-11,14H2,1-6H3/p+1. The quantitative estimate of drug-likeness (QED) is 0.595. The van der Waals surface area contributed by atoms with E-state index in [-0.39, 0.29) is 29.6 Å². The van der Waals surface area contributed by atoms with Gasteiger partial charge < -0.3 is 15.4 Å². The van der Waals surface area contributed by atoms with Crippen LogP contribution in [0.1, 0.15) is 46.2 Å². The first-order valence-corrected chi connectivity index (χ1v) is 11.1. The Kier molecular flexibility index (Phi) is 5.89. The van der Waals surface area contributed by atoms with Crippen molar-refractivity contribution in [3.8, 4) is 22.7 Å². The molecule has 2 aromatic heterocycles. The Morgan fingerprint density at radius 2 is 2.00 bits per heavy atom. The Balaban J connectivity index is 1.44. The maximum atomic E-state index is 12.7. The number of ether oxygens (including phenoxy) is 1. The second kappa shape index (κ2) is 8.52. The average molecular weight is 451 g/mol. The summed E-state index contributed by atoms with van der Waals surface area (Å²) in [5.41, 5.74) is 3.17. The number of aryl methyl sites for hydroxylation is 1. The van der Waals surface area contributed by atoms with Gasteiger partial charge in [0.1, 0.15) is 12.2 Å². The summed E-state index contributed by atoms with van der Waals surface area (Å²) >= 11 is 0. The lowest BCUT2D eigenvalue weighted by molar-refractivity contribution is -0.302. The van der Waals surface area contributed by atoms with Gasteiger partial charge >= 0.3 is 6.33 Å². The molecule has 0 unspecified atom stereocenters. The Bertz CT molecular complexity index is 1130. The molecule has 1 amide bonds. The SMILES string of the molecule is COc1cc(-c2cn(CC(=O)NC3CC(C)(C)NC(C)(C)C3)nn2)ccc1-n1c#[n+]c(C)c1. The van der Waals surface area contributed by atoms with E-state index >= 15 is 0 Å². The second-order valence-electron chi connectivity index (χ2n) is 10.1. The molecule has 0 saturated carbocycles. The molecule has 2 N–H and O–H groups in total. The Hall–Kier alpha value is -3.38. The van der Waals surface area contributed by atoms with Crippen LogP contribution in [-0.4, -0.2) is 49.7 Å². The number of amides is 1. The molecule has 0 spiro atoms. The minimum Gasteiger partial charge on any atom is -0.492 e. The van der Waals surface area contributed by atoms with Crippen LogP contribution in [0.15, 0.2) is 30.6 Å². The molecule has 33 heavy (non-hydrogen) atoms. The van der Waals surface area contributed by atoms with Crippen LogP contribution >= 0.6 is 0 Å². The highest BCUT2D eigenvalue weighted by molar-refractivity contribution is 5.76. The van der Waals surface area contributed by atoms with Gasteiger partial charge in [-0.15, -0.1) is 9.67 Å². The van der Waals surface area contributed by atoms with Crippen LogP contribution in [0, 0.1) is 13.3 Å². The number of benzene rings is 1. The lowest BCUT2D eigenvalue weighted by Crippen LogP contribution is -2.62. The van der Waals surface area contributed by atoms with E-state index in [1.807, 2.05) is 31.3 Å². The molecule has 174 valence electrons. The van der Waals surface area contributed by atoms with Crippen molar-refractivity contribution < 1.29 is 14.5 Å². The van der Waals surface area contributed by atoms with E-state index in [0.717, 1.165) is 29.8 Å². The number of nitrogens with zero attached hydrogens (tertiary/aromatic N) is 5. The minimum absolute atomic E-state index is 0.0293. The summed E-state index contributed by atoms with van der Waals surface area (Å²) in [6.07, 6.45) is 8.35. The fourth-order valence-corrected chi connectivity index (χ4v) is 4.89. The molecule has 3 heterocycles. The summed E-state index contributed by atoms with van der Waals surface area (Å²) in [6, 6.07) is 5.88. The first-order chi connectivity index (χ1) is 15.5. The van der Waals surface area contributed by atoms with Gasteiger partial charge in [-0.05, 0) is 58.7 Å². The van der Waals surface area contributed by atoms with E-state index in [2.05, 4.69) is 60.0 Å². The van der Waals surface area contributed by atoms with E-state index in [4.69, 9.17) is 4.74 Å². The smallest absolute Gasteiger partial charge is 0.388 e. The van der Waals surface area contributed by atoms with E-state index < -0.39 is 0 Å². The number of rotatable bonds is 6. The first-order valence-electron chi connectivity index (χ1n) is 11.1. The summed E-state index contributed by atoms with van der Waals surface area (Å²) < 4.78 is 8.93. The molecule has 1 aliphatic heterocycles. The summed E-state index contributed by atoms with van der Waals surface area (Å²) in [5.74, 6) is 0.605. The van der Waals surface area contributed by atoms with Crippen molar-refractivity contribution in [1.82, 2.24) is 30.2 Å². The molecule has 1 aliphatic rings. The zero-order valence-electron chi connectivity index (χ0n) is 20.1. The highest BCUT2D eigenvalue weighted by Crippen LogP contribution is 2.29. The fourth-order valence-electron chi connectivity index (χ4n) is 4.89. The van der Waals surface area contributed by atoms with Gasteiger partial charge in [0.15, 0.2) is 17.6 Å². The maximum Gasteiger partial charge on any atom is 0.388 e. The number of hydrogen-bond donors (Lipinski definition) is 2. The number of carbonyl (C=O) groups is 1. The molecule has 1 aromatic carbocycles. The number of hydrogen-bond acceptors (Lipinski definition) is 5. The van der Waals surface area contributed by atoms with E-state index in [0.29, 0.717) is 11.4 Å². The van der Waals surface area contributed by atoms with Gasteiger partial charge in [0.25, 0.3) is 5.69 Å². The molecule has 0 radical (unpaired) electrons. The Morgan fingerprint density at radius 3 is 2.64 bits per heavy atom. The molecular weight excluding hydrogens is 418 g/mol. The van der Waals surface area contributed by atoms with E-state index in [9.17, 15) is 4.79 Å². The number of methoxy groups -OCH3 is 1. The van der Waals surface area contributed by atoms with Gasteiger partial charge in [0.05, 0.1) is 13.3 Å². The Morgan fingerprint density at radius 1 is 1.27 bits per heavy atom. The summed E-state index contributed by atoms with van der Waals surface area (Å²) in [5, 5.41) is 15.2. The summed E-state index contributed by atoms with van der Waals surface area (Å²) in [6.45, 7) is 10.7. The lowest BCUT2D eigenvalue weighted by Gasteiger charge is -2.46. The van der Waals surface area contributed by atoms with Crippen molar-refractivity contribution in [3.63, 3.8) is 0 Å². The van der Waals surface area contributed by atoms with Crippen molar-refractivity contribution in [2.75, 3.05) is 7.11 Å². The largest absolute Gasteiger partial charge is 0.492 e. The number of carbonyl (C=O) groups excluding carboxylic acids is 1. The number of piperidine rings is 1. The van der Waals surface area contributed by atoms with Crippen LogP contribution in [0.5, 0.6) is 5.75 Å². The van der Waals surface area contributed by atoms with Crippen LogP contribution in [0.2, 0.25) is 0 Å². The van der Waals surface area contributed by atoms with Crippen LogP contribution in [0.4, 0.5) is 0 Å². The molecule has 4 rings (SSSR count). The van der Waals surface area contributed by atoms with Crippen LogP contribution in [0.3, 0.4) is 0 Å².